The third kappa shape index (κ3) is 3.17. The third-order valence-corrected chi connectivity index (χ3v) is 4.76. The first-order chi connectivity index (χ1) is 10.9. The van der Waals surface area contributed by atoms with Crippen LogP contribution in [0, 0.1) is 20.8 Å². The smallest absolute Gasteiger partial charge is 0.268 e. The first-order valence-electron chi connectivity index (χ1n) is 7.30. The highest BCUT2D eigenvalue weighted by molar-refractivity contribution is 7.17. The average molecular weight is 326 g/mol. The van der Waals surface area contributed by atoms with Crippen LogP contribution >= 0.6 is 11.3 Å². The lowest BCUT2D eigenvalue weighted by atomic mass is 10.1. The third-order valence-electron chi connectivity index (χ3n) is 3.57. The number of aromatic nitrogens is 3. The zero-order valence-corrected chi connectivity index (χ0v) is 14.4. The van der Waals surface area contributed by atoms with Crippen molar-refractivity contribution in [2.24, 2.45) is 7.05 Å². The molecule has 0 saturated heterocycles. The number of carbonyl (C=O) groups is 1. The van der Waals surface area contributed by atoms with Crippen molar-refractivity contribution >= 4 is 23.1 Å². The predicted octanol–water partition coefficient (Wildman–Crippen LogP) is 3.72. The Balaban J connectivity index is 1.90. The molecule has 3 aromatic rings. The summed E-state index contributed by atoms with van der Waals surface area (Å²) in [5.41, 5.74) is 4.18. The van der Waals surface area contributed by atoms with Crippen molar-refractivity contribution in [3.05, 3.63) is 52.2 Å². The van der Waals surface area contributed by atoms with Crippen molar-refractivity contribution in [3.8, 4) is 10.6 Å². The van der Waals surface area contributed by atoms with Gasteiger partial charge in [-0.3, -0.25) is 9.48 Å². The van der Waals surface area contributed by atoms with Gasteiger partial charge in [0.05, 0.1) is 5.69 Å². The van der Waals surface area contributed by atoms with Gasteiger partial charge >= 0.3 is 0 Å². The molecule has 0 aliphatic rings. The Morgan fingerprint density at radius 1 is 1.22 bits per heavy atom. The van der Waals surface area contributed by atoms with Crippen molar-refractivity contribution in [2.75, 3.05) is 5.32 Å². The zero-order chi connectivity index (χ0) is 16.6. The Labute approximate surface area is 139 Å². The summed E-state index contributed by atoms with van der Waals surface area (Å²) in [5.74, 6) is 0.369. The van der Waals surface area contributed by atoms with Gasteiger partial charge in [-0.25, -0.2) is 4.98 Å². The van der Waals surface area contributed by atoms with E-state index in [9.17, 15) is 4.79 Å². The summed E-state index contributed by atoms with van der Waals surface area (Å²) in [6, 6.07) is 8.01. The Morgan fingerprint density at radius 2 is 2.00 bits per heavy atom. The van der Waals surface area contributed by atoms with E-state index in [1.165, 1.54) is 16.9 Å². The van der Waals surface area contributed by atoms with Gasteiger partial charge in [0.1, 0.15) is 9.88 Å². The van der Waals surface area contributed by atoms with Gasteiger partial charge in [0.2, 0.25) is 0 Å². The van der Waals surface area contributed by atoms with Gasteiger partial charge in [0.25, 0.3) is 5.91 Å². The lowest BCUT2D eigenvalue weighted by molar-refractivity contribution is 0.102. The monoisotopic (exact) mass is 326 g/mol. The van der Waals surface area contributed by atoms with Crippen molar-refractivity contribution in [3.63, 3.8) is 0 Å². The second-order valence-corrected chi connectivity index (χ2v) is 6.58. The molecule has 2 aromatic heterocycles. The minimum absolute atomic E-state index is 0.172. The summed E-state index contributed by atoms with van der Waals surface area (Å²) >= 11 is 1.41. The molecule has 0 unspecified atom stereocenters. The van der Waals surface area contributed by atoms with Gasteiger partial charge in [-0.05, 0) is 26.3 Å². The predicted molar refractivity (Wildman–Crippen MR) is 92.9 cm³/mol. The molecule has 0 aliphatic carbocycles. The molecule has 5 nitrogen and oxygen atoms in total. The minimum Gasteiger partial charge on any atom is -0.304 e. The summed E-state index contributed by atoms with van der Waals surface area (Å²) in [7, 11) is 1.81. The van der Waals surface area contributed by atoms with E-state index >= 15 is 0 Å². The molecule has 0 aliphatic heterocycles. The van der Waals surface area contributed by atoms with Crippen LogP contribution in [-0.4, -0.2) is 20.7 Å². The Kier molecular flexibility index (Phi) is 4.00. The van der Waals surface area contributed by atoms with Gasteiger partial charge in [-0.15, -0.1) is 11.3 Å². The number of anilines is 1. The summed E-state index contributed by atoms with van der Waals surface area (Å²) in [5, 5.41) is 7.84. The molecule has 6 heteroatoms. The van der Waals surface area contributed by atoms with Crippen LogP contribution in [0.3, 0.4) is 0 Å². The molecule has 1 amide bonds. The van der Waals surface area contributed by atoms with E-state index < -0.39 is 0 Å². The van der Waals surface area contributed by atoms with Crippen molar-refractivity contribution < 1.29 is 4.79 Å². The number of aryl methyl sites for hydroxylation is 4. The highest BCUT2D eigenvalue weighted by Crippen LogP contribution is 2.31. The Morgan fingerprint density at radius 3 is 2.65 bits per heavy atom. The van der Waals surface area contributed by atoms with Crippen LogP contribution in [0.5, 0.6) is 0 Å². The van der Waals surface area contributed by atoms with Gasteiger partial charge < -0.3 is 5.32 Å². The molecule has 3 rings (SSSR count). The van der Waals surface area contributed by atoms with E-state index in [1.807, 2.05) is 14.0 Å². The number of carbonyl (C=O) groups excluding carboxylic acids is 1. The number of benzene rings is 1. The molecule has 0 saturated carbocycles. The van der Waals surface area contributed by atoms with Crippen LogP contribution < -0.4 is 5.32 Å². The molecule has 118 valence electrons. The minimum atomic E-state index is -0.172. The molecule has 0 spiro atoms. The lowest BCUT2D eigenvalue weighted by Gasteiger charge is -2.03. The molecule has 0 atom stereocenters. The van der Waals surface area contributed by atoms with Crippen molar-refractivity contribution in [1.29, 1.82) is 0 Å². The van der Waals surface area contributed by atoms with Crippen molar-refractivity contribution in [2.45, 2.75) is 20.8 Å². The summed E-state index contributed by atoms with van der Waals surface area (Å²) in [6.07, 6.45) is 1.79. The van der Waals surface area contributed by atoms with Crippen LogP contribution in [-0.2, 0) is 7.05 Å². The summed E-state index contributed by atoms with van der Waals surface area (Å²) in [6.45, 7) is 5.99. The fourth-order valence-corrected chi connectivity index (χ4v) is 3.48. The molecular formula is C17H18N4OS. The maximum absolute atomic E-state index is 12.4. The van der Waals surface area contributed by atoms with Crippen LogP contribution in [0.1, 0.15) is 26.5 Å². The maximum Gasteiger partial charge on any atom is 0.268 e. The SMILES string of the molecule is Cc1ccc(-c2nc(C)c(C(=O)Nc3ccn(C)n3)s2)c(C)c1. The van der Waals surface area contributed by atoms with Gasteiger partial charge in [0.15, 0.2) is 5.82 Å². The van der Waals surface area contributed by atoms with Gasteiger partial charge in [-0.2, -0.15) is 5.10 Å². The van der Waals surface area contributed by atoms with E-state index in [2.05, 4.69) is 47.4 Å². The fourth-order valence-electron chi connectivity index (χ4n) is 2.43. The second kappa shape index (κ2) is 5.96. The van der Waals surface area contributed by atoms with Gasteiger partial charge in [-0.1, -0.05) is 23.8 Å². The molecule has 0 bridgehead atoms. The lowest BCUT2D eigenvalue weighted by Crippen LogP contribution is -2.12. The number of thiazole rings is 1. The van der Waals surface area contributed by atoms with Crippen molar-refractivity contribution in [1.82, 2.24) is 14.8 Å². The number of nitrogens with one attached hydrogen (secondary N) is 1. The number of nitrogens with zero attached hydrogens (tertiary/aromatic N) is 3. The standard InChI is InChI=1S/C17H18N4OS/c1-10-5-6-13(11(2)9-10)17-18-12(3)15(23-17)16(22)19-14-7-8-21(4)20-14/h5-9H,1-4H3,(H,19,20,22). The van der Waals surface area contributed by atoms with E-state index in [0.717, 1.165) is 21.8 Å². The van der Waals surface area contributed by atoms with E-state index in [0.29, 0.717) is 10.7 Å². The number of hydrogen-bond acceptors (Lipinski definition) is 4. The molecule has 1 N–H and O–H groups in total. The largest absolute Gasteiger partial charge is 0.304 e. The van der Waals surface area contributed by atoms with Crippen LogP contribution in [0.4, 0.5) is 5.82 Å². The Bertz CT molecular complexity index is 879. The summed E-state index contributed by atoms with van der Waals surface area (Å²) in [4.78, 5) is 17.6. The number of rotatable bonds is 3. The normalized spacial score (nSPS) is 10.8. The first-order valence-corrected chi connectivity index (χ1v) is 8.12. The topological polar surface area (TPSA) is 59.8 Å². The Hall–Kier alpha value is -2.47. The van der Waals surface area contributed by atoms with Crippen LogP contribution in [0.25, 0.3) is 10.6 Å². The molecule has 2 heterocycles. The highest BCUT2D eigenvalue weighted by atomic mass is 32.1. The zero-order valence-electron chi connectivity index (χ0n) is 13.5. The van der Waals surface area contributed by atoms with E-state index in [4.69, 9.17) is 0 Å². The quantitative estimate of drug-likeness (QED) is 0.798. The average Bonchev–Trinajstić information content (AvgIpc) is 3.05. The summed E-state index contributed by atoms with van der Waals surface area (Å²) < 4.78 is 1.65. The second-order valence-electron chi connectivity index (χ2n) is 5.58. The molecule has 0 radical (unpaired) electrons. The fraction of sp³-hybridized carbons (Fsp3) is 0.235. The molecular weight excluding hydrogens is 308 g/mol. The van der Waals surface area contributed by atoms with Crippen LogP contribution in [0.15, 0.2) is 30.5 Å². The number of hydrogen-bond donors (Lipinski definition) is 1. The molecule has 0 fully saturated rings. The molecule has 1 aromatic carbocycles. The molecule has 23 heavy (non-hydrogen) atoms. The highest BCUT2D eigenvalue weighted by Gasteiger charge is 2.18. The van der Waals surface area contributed by atoms with Crippen LogP contribution in [0.2, 0.25) is 0 Å². The first kappa shape index (κ1) is 15.4. The number of amides is 1. The van der Waals surface area contributed by atoms with E-state index in [1.54, 1.807) is 16.9 Å². The maximum atomic E-state index is 12.4. The van der Waals surface area contributed by atoms with E-state index in [-0.39, 0.29) is 5.91 Å². The van der Waals surface area contributed by atoms with Gasteiger partial charge in [0, 0.05) is 24.9 Å².